The lowest BCUT2D eigenvalue weighted by atomic mass is 10.00. The molecule has 1 aromatic rings. The van der Waals surface area contributed by atoms with E-state index in [4.69, 9.17) is 0 Å². The van der Waals surface area contributed by atoms with E-state index in [0.29, 0.717) is 0 Å². The molecule has 14 heavy (non-hydrogen) atoms. The van der Waals surface area contributed by atoms with Gasteiger partial charge in [0.2, 0.25) is 0 Å². The molecule has 0 heterocycles. The molecule has 0 aliphatic rings. The summed E-state index contributed by atoms with van der Waals surface area (Å²) in [6, 6.07) is 3.94. The normalized spacial score (nSPS) is 10.6. The summed E-state index contributed by atoms with van der Waals surface area (Å²) in [7, 11) is 0. The van der Waals surface area contributed by atoms with E-state index in [1.807, 2.05) is 19.9 Å². The van der Waals surface area contributed by atoms with E-state index in [-0.39, 0.29) is 5.82 Å². The van der Waals surface area contributed by atoms with E-state index < -0.39 is 0 Å². The summed E-state index contributed by atoms with van der Waals surface area (Å²) in [5, 5.41) is 0. The van der Waals surface area contributed by atoms with Gasteiger partial charge in [0.25, 0.3) is 0 Å². The first-order valence-corrected chi connectivity index (χ1v) is 5.41. The molecular weight excluding hydrogens is 175 g/mol. The summed E-state index contributed by atoms with van der Waals surface area (Å²) >= 11 is 0. The van der Waals surface area contributed by atoms with Crippen molar-refractivity contribution in [1.82, 2.24) is 0 Å². The number of benzene rings is 1. The second-order valence-electron chi connectivity index (χ2n) is 3.94. The van der Waals surface area contributed by atoms with Gasteiger partial charge in [-0.25, -0.2) is 4.39 Å². The first kappa shape index (κ1) is 11.2. The number of rotatable bonds is 4. The zero-order valence-electron chi connectivity index (χ0n) is 9.36. The molecule has 0 radical (unpaired) electrons. The summed E-state index contributed by atoms with van der Waals surface area (Å²) < 4.78 is 13.5. The van der Waals surface area contributed by atoms with Crippen molar-refractivity contribution in [3.05, 3.63) is 34.6 Å². The van der Waals surface area contributed by atoms with Gasteiger partial charge < -0.3 is 0 Å². The van der Waals surface area contributed by atoms with Crippen molar-refractivity contribution in [2.75, 3.05) is 0 Å². The highest BCUT2D eigenvalue weighted by Gasteiger charge is 2.05. The lowest BCUT2D eigenvalue weighted by molar-refractivity contribution is 0.603. The Morgan fingerprint density at radius 2 is 1.86 bits per heavy atom. The molecule has 0 N–H and O–H groups in total. The van der Waals surface area contributed by atoms with Gasteiger partial charge in [0.05, 0.1) is 0 Å². The average Bonchev–Trinajstić information content (AvgIpc) is 2.18. The van der Waals surface area contributed by atoms with Gasteiger partial charge in [0.15, 0.2) is 0 Å². The Balaban J connectivity index is 2.73. The molecule has 1 heteroatoms. The second kappa shape index (κ2) is 5.14. The number of hydrogen-bond donors (Lipinski definition) is 0. The van der Waals surface area contributed by atoms with Crippen LogP contribution in [0.1, 0.15) is 42.9 Å². The van der Waals surface area contributed by atoms with Crippen LogP contribution in [0, 0.1) is 19.7 Å². The fourth-order valence-corrected chi connectivity index (χ4v) is 1.70. The Hall–Kier alpha value is -0.850. The summed E-state index contributed by atoms with van der Waals surface area (Å²) in [6.07, 6.45) is 4.62. The van der Waals surface area contributed by atoms with Crippen molar-refractivity contribution in [1.29, 1.82) is 0 Å². The molecule has 0 aliphatic heterocycles. The van der Waals surface area contributed by atoms with E-state index in [0.717, 1.165) is 17.5 Å². The van der Waals surface area contributed by atoms with Gasteiger partial charge in [-0.05, 0) is 43.4 Å². The van der Waals surface area contributed by atoms with E-state index in [1.54, 1.807) is 0 Å². The first-order valence-electron chi connectivity index (χ1n) is 5.41. The number of hydrogen-bond acceptors (Lipinski definition) is 0. The van der Waals surface area contributed by atoms with Gasteiger partial charge in [-0.3, -0.25) is 0 Å². The van der Waals surface area contributed by atoms with Gasteiger partial charge in [0.1, 0.15) is 5.82 Å². The van der Waals surface area contributed by atoms with Crippen LogP contribution in [-0.4, -0.2) is 0 Å². The Morgan fingerprint density at radius 1 is 1.14 bits per heavy atom. The minimum absolute atomic E-state index is 0.0287. The largest absolute Gasteiger partial charge is 0.206 e. The molecule has 78 valence electrons. The van der Waals surface area contributed by atoms with Crippen LogP contribution in [0.15, 0.2) is 12.1 Å². The van der Waals surface area contributed by atoms with Crippen molar-refractivity contribution in [2.45, 2.75) is 46.5 Å². The minimum atomic E-state index is -0.0287. The lowest BCUT2D eigenvalue weighted by Crippen LogP contribution is -1.95. The molecule has 0 saturated heterocycles. The topological polar surface area (TPSA) is 0 Å². The molecule has 0 bridgehead atoms. The zero-order valence-corrected chi connectivity index (χ0v) is 9.36. The second-order valence-corrected chi connectivity index (χ2v) is 3.94. The zero-order chi connectivity index (χ0) is 10.6. The minimum Gasteiger partial charge on any atom is -0.206 e. The maximum atomic E-state index is 13.5. The molecule has 0 unspecified atom stereocenters. The van der Waals surface area contributed by atoms with Crippen LogP contribution >= 0.6 is 0 Å². The summed E-state index contributed by atoms with van der Waals surface area (Å²) in [5.74, 6) is -0.0287. The van der Waals surface area contributed by atoms with Crippen molar-refractivity contribution < 1.29 is 4.39 Å². The molecule has 0 atom stereocenters. The van der Waals surface area contributed by atoms with E-state index in [9.17, 15) is 4.39 Å². The summed E-state index contributed by atoms with van der Waals surface area (Å²) in [6.45, 7) is 5.88. The number of halogens is 1. The van der Waals surface area contributed by atoms with Crippen molar-refractivity contribution >= 4 is 0 Å². The molecule has 0 fully saturated rings. The monoisotopic (exact) mass is 194 g/mol. The Bertz CT molecular complexity index is 302. The predicted octanol–water partition coefficient (Wildman–Crippen LogP) is 4.18. The predicted molar refractivity (Wildman–Crippen MR) is 59.1 cm³/mol. The molecule has 0 amide bonds. The third kappa shape index (κ3) is 2.57. The third-order valence-electron chi connectivity index (χ3n) is 2.74. The number of unbranched alkanes of at least 4 members (excludes halogenated alkanes) is 2. The molecule has 1 aromatic carbocycles. The maximum absolute atomic E-state index is 13.5. The van der Waals surface area contributed by atoms with Crippen LogP contribution in [-0.2, 0) is 6.42 Å². The van der Waals surface area contributed by atoms with E-state index >= 15 is 0 Å². The van der Waals surface area contributed by atoms with Crippen molar-refractivity contribution in [3.63, 3.8) is 0 Å². The SMILES string of the molecule is CCCCCc1ccc(C)c(F)c1C. The smallest absolute Gasteiger partial charge is 0.129 e. The maximum Gasteiger partial charge on any atom is 0.129 e. The molecule has 0 aliphatic carbocycles. The van der Waals surface area contributed by atoms with Gasteiger partial charge in [-0.1, -0.05) is 31.9 Å². The lowest BCUT2D eigenvalue weighted by Gasteiger charge is -2.08. The molecule has 0 aromatic heterocycles. The van der Waals surface area contributed by atoms with Gasteiger partial charge in [-0.2, -0.15) is 0 Å². The number of aryl methyl sites for hydroxylation is 2. The quantitative estimate of drug-likeness (QED) is 0.631. The average molecular weight is 194 g/mol. The molecule has 0 spiro atoms. The van der Waals surface area contributed by atoms with Crippen LogP contribution in [0.5, 0.6) is 0 Å². The molecule has 0 saturated carbocycles. The van der Waals surface area contributed by atoms with Crippen molar-refractivity contribution in [2.24, 2.45) is 0 Å². The standard InChI is InChI=1S/C13H19F/c1-4-5-6-7-12-9-8-10(2)13(14)11(12)3/h8-9H,4-7H2,1-3H3. The summed E-state index contributed by atoms with van der Waals surface area (Å²) in [4.78, 5) is 0. The van der Waals surface area contributed by atoms with E-state index in [1.165, 1.54) is 24.8 Å². The van der Waals surface area contributed by atoms with Crippen LogP contribution in [0.4, 0.5) is 4.39 Å². The fraction of sp³-hybridized carbons (Fsp3) is 0.538. The van der Waals surface area contributed by atoms with Crippen molar-refractivity contribution in [3.8, 4) is 0 Å². The molecule has 0 nitrogen and oxygen atoms in total. The Morgan fingerprint density at radius 3 is 2.50 bits per heavy atom. The van der Waals surface area contributed by atoms with Gasteiger partial charge in [-0.15, -0.1) is 0 Å². The van der Waals surface area contributed by atoms with Crippen LogP contribution < -0.4 is 0 Å². The highest BCUT2D eigenvalue weighted by atomic mass is 19.1. The summed E-state index contributed by atoms with van der Waals surface area (Å²) in [5.41, 5.74) is 2.75. The van der Waals surface area contributed by atoms with Gasteiger partial charge >= 0.3 is 0 Å². The fourth-order valence-electron chi connectivity index (χ4n) is 1.70. The van der Waals surface area contributed by atoms with Crippen LogP contribution in [0.3, 0.4) is 0 Å². The van der Waals surface area contributed by atoms with Crippen LogP contribution in [0.2, 0.25) is 0 Å². The Kier molecular flexibility index (Phi) is 4.12. The molecular formula is C13H19F. The highest BCUT2D eigenvalue weighted by molar-refractivity contribution is 5.32. The first-order chi connectivity index (χ1) is 6.66. The third-order valence-corrected chi connectivity index (χ3v) is 2.74. The van der Waals surface area contributed by atoms with Crippen LogP contribution in [0.25, 0.3) is 0 Å². The van der Waals surface area contributed by atoms with E-state index in [2.05, 4.69) is 13.0 Å². The van der Waals surface area contributed by atoms with Gasteiger partial charge in [0, 0.05) is 0 Å². The Labute approximate surface area is 86.2 Å². The highest BCUT2D eigenvalue weighted by Crippen LogP contribution is 2.18. The molecule has 1 rings (SSSR count).